The number of methoxy groups -OCH3 is 1. The summed E-state index contributed by atoms with van der Waals surface area (Å²) < 4.78 is 7.33. The molecule has 2 aromatic rings. The summed E-state index contributed by atoms with van der Waals surface area (Å²) in [6, 6.07) is 10.1. The van der Waals surface area contributed by atoms with Crippen molar-refractivity contribution < 1.29 is 9.84 Å². The van der Waals surface area contributed by atoms with Crippen LogP contribution in [-0.4, -0.2) is 57.8 Å². The third kappa shape index (κ3) is 3.12. The van der Waals surface area contributed by atoms with Gasteiger partial charge in [-0.15, -0.1) is 5.10 Å². The summed E-state index contributed by atoms with van der Waals surface area (Å²) in [7, 11) is 1.72. The molecular formula is C15H20N4O2. The fourth-order valence-corrected chi connectivity index (χ4v) is 2.87. The van der Waals surface area contributed by atoms with E-state index in [0.29, 0.717) is 6.54 Å². The van der Waals surface area contributed by atoms with Crippen molar-refractivity contribution in [3.63, 3.8) is 0 Å². The van der Waals surface area contributed by atoms with Gasteiger partial charge in [-0.25, -0.2) is 4.68 Å². The Balaban J connectivity index is 1.66. The number of rotatable bonds is 5. The zero-order chi connectivity index (χ0) is 14.7. The Morgan fingerprint density at radius 1 is 1.33 bits per heavy atom. The lowest BCUT2D eigenvalue weighted by atomic mass is 10.1. The molecule has 1 aliphatic heterocycles. The van der Waals surface area contributed by atoms with Gasteiger partial charge in [-0.05, 0) is 5.56 Å². The van der Waals surface area contributed by atoms with Gasteiger partial charge in [-0.1, -0.05) is 35.5 Å². The van der Waals surface area contributed by atoms with Crippen molar-refractivity contribution >= 4 is 0 Å². The Morgan fingerprint density at radius 3 is 2.81 bits per heavy atom. The van der Waals surface area contributed by atoms with Gasteiger partial charge in [0.2, 0.25) is 0 Å². The first-order valence-electron chi connectivity index (χ1n) is 7.12. The van der Waals surface area contributed by atoms with Crippen LogP contribution in [0.3, 0.4) is 0 Å². The summed E-state index contributed by atoms with van der Waals surface area (Å²) >= 11 is 0. The quantitative estimate of drug-likeness (QED) is 0.885. The Bertz CT molecular complexity index is 546. The monoisotopic (exact) mass is 288 g/mol. The lowest BCUT2D eigenvalue weighted by Crippen LogP contribution is -2.28. The SMILES string of the molecule is COC(CN1C[C@@H](O)[C@H](n2ccnn2)C1)c1ccccc1. The first-order valence-corrected chi connectivity index (χ1v) is 7.12. The van der Waals surface area contributed by atoms with Gasteiger partial charge in [-0.2, -0.15) is 0 Å². The predicted molar refractivity (Wildman–Crippen MR) is 77.7 cm³/mol. The number of aliphatic hydroxyl groups is 1. The molecule has 21 heavy (non-hydrogen) atoms. The minimum absolute atomic E-state index is 0.00731. The molecule has 6 nitrogen and oxygen atoms in total. The van der Waals surface area contributed by atoms with E-state index in [1.807, 2.05) is 18.2 Å². The van der Waals surface area contributed by atoms with Crippen LogP contribution in [0.15, 0.2) is 42.7 Å². The van der Waals surface area contributed by atoms with Crippen molar-refractivity contribution in [1.82, 2.24) is 19.9 Å². The van der Waals surface area contributed by atoms with E-state index in [-0.39, 0.29) is 12.1 Å². The lowest BCUT2D eigenvalue weighted by molar-refractivity contribution is 0.0661. The Morgan fingerprint density at radius 2 is 2.14 bits per heavy atom. The van der Waals surface area contributed by atoms with Gasteiger partial charge in [0.1, 0.15) is 0 Å². The molecule has 1 N–H and O–H groups in total. The molecule has 0 aliphatic carbocycles. The number of aromatic nitrogens is 3. The Labute approximate surface area is 124 Å². The van der Waals surface area contributed by atoms with Crippen LogP contribution >= 0.6 is 0 Å². The average Bonchev–Trinajstić information content (AvgIpc) is 3.15. The van der Waals surface area contributed by atoms with Crippen LogP contribution in [0.2, 0.25) is 0 Å². The molecule has 6 heteroatoms. The molecule has 1 saturated heterocycles. The highest BCUT2D eigenvalue weighted by Crippen LogP contribution is 2.25. The minimum Gasteiger partial charge on any atom is -0.390 e. The molecule has 1 aliphatic rings. The number of benzene rings is 1. The van der Waals surface area contributed by atoms with Crippen molar-refractivity contribution in [3.8, 4) is 0 Å². The fourth-order valence-electron chi connectivity index (χ4n) is 2.87. The van der Waals surface area contributed by atoms with Gasteiger partial charge < -0.3 is 9.84 Å². The van der Waals surface area contributed by atoms with Crippen LogP contribution in [0.5, 0.6) is 0 Å². The van der Waals surface area contributed by atoms with Crippen molar-refractivity contribution in [3.05, 3.63) is 48.3 Å². The molecule has 2 heterocycles. The van der Waals surface area contributed by atoms with Crippen LogP contribution < -0.4 is 0 Å². The van der Waals surface area contributed by atoms with Gasteiger partial charge in [0.15, 0.2) is 0 Å². The summed E-state index contributed by atoms with van der Waals surface area (Å²) in [6.45, 7) is 2.12. The third-order valence-corrected chi connectivity index (χ3v) is 4.00. The highest BCUT2D eigenvalue weighted by atomic mass is 16.5. The second-order valence-electron chi connectivity index (χ2n) is 5.37. The standard InChI is InChI=1S/C15H20N4O2/c1-21-15(12-5-3-2-4-6-12)11-18-9-13(14(20)10-18)19-8-7-16-17-19/h2-8,13-15,20H,9-11H2,1H3/t13-,14-,15?/m1/s1. The molecule has 1 unspecified atom stereocenters. The zero-order valence-corrected chi connectivity index (χ0v) is 12.0. The number of aliphatic hydroxyl groups excluding tert-OH is 1. The summed E-state index contributed by atoms with van der Waals surface area (Å²) in [5.74, 6) is 0. The molecule has 1 aromatic heterocycles. The zero-order valence-electron chi connectivity index (χ0n) is 12.0. The maximum absolute atomic E-state index is 10.2. The van der Waals surface area contributed by atoms with Crippen LogP contribution in [0.1, 0.15) is 17.7 Å². The van der Waals surface area contributed by atoms with Crippen molar-refractivity contribution in [2.75, 3.05) is 26.7 Å². The van der Waals surface area contributed by atoms with E-state index in [0.717, 1.165) is 18.7 Å². The highest BCUT2D eigenvalue weighted by molar-refractivity contribution is 5.18. The second kappa shape index (κ2) is 6.34. The van der Waals surface area contributed by atoms with Crippen LogP contribution in [0.25, 0.3) is 0 Å². The van der Waals surface area contributed by atoms with Crippen molar-refractivity contribution in [2.24, 2.45) is 0 Å². The van der Waals surface area contributed by atoms with Gasteiger partial charge >= 0.3 is 0 Å². The van der Waals surface area contributed by atoms with E-state index in [1.165, 1.54) is 0 Å². The first kappa shape index (κ1) is 14.2. The molecule has 0 amide bonds. The Kier molecular flexibility index (Phi) is 4.28. The molecule has 112 valence electrons. The molecule has 0 saturated carbocycles. The molecule has 1 fully saturated rings. The van der Waals surface area contributed by atoms with E-state index < -0.39 is 6.10 Å². The molecule has 0 radical (unpaired) electrons. The molecule has 1 aromatic carbocycles. The van der Waals surface area contributed by atoms with Crippen LogP contribution in [0.4, 0.5) is 0 Å². The summed E-state index contributed by atoms with van der Waals surface area (Å²) in [4.78, 5) is 2.21. The summed E-state index contributed by atoms with van der Waals surface area (Å²) in [5.41, 5.74) is 1.15. The fraction of sp³-hybridized carbons (Fsp3) is 0.467. The second-order valence-corrected chi connectivity index (χ2v) is 5.37. The molecule has 3 atom stereocenters. The van der Waals surface area contributed by atoms with E-state index in [1.54, 1.807) is 24.2 Å². The van der Waals surface area contributed by atoms with E-state index in [4.69, 9.17) is 4.74 Å². The molecular weight excluding hydrogens is 268 g/mol. The minimum atomic E-state index is -0.431. The summed E-state index contributed by atoms with van der Waals surface area (Å²) in [5, 5.41) is 18.0. The van der Waals surface area contributed by atoms with E-state index in [9.17, 15) is 5.11 Å². The third-order valence-electron chi connectivity index (χ3n) is 4.00. The normalized spacial score (nSPS) is 24.3. The Hall–Kier alpha value is -1.76. The number of β-amino-alcohol motifs (C(OH)–C–C–N with tert-alkyl or cyclic N) is 1. The maximum atomic E-state index is 10.2. The number of likely N-dealkylation sites (tertiary alicyclic amines) is 1. The lowest BCUT2D eigenvalue weighted by Gasteiger charge is -2.22. The summed E-state index contributed by atoms with van der Waals surface area (Å²) in [6.07, 6.45) is 3.01. The van der Waals surface area contributed by atoms with Gasteiger partial charge in [0.05, 0.1) is 24.4 Å². The average molecular weight is 288 g/mol. The number of nitrogens with zero attached hydrogens (tertiary/aromatic N) is 4. The first-order chi connectivity index (χ1) is 10.3. The van der Waals surface area contributed by atoms with Crippen molar-refractivity contribution in [2.45, 2.75) is 18.2 Å². The van der Waals surface area contributed by atoms with Gasteiger partial charge in [0, 0.05) is 32.9 Å². The smallest absolute Gasteiger partial charge is 0.0947 e. The number of hydrogen-bond donors (Lipinski definition) is 1. The maximum Gasteiger partial charge on any atom is 0.0947 e. The number of ether oxygens (including phenoxy) is 1. The van der Waals surface area contributed by atoms with E-state index in [2.05, 4.69) is 27.3 Å². The largest absolute Gasteiger partial charge is 0.390 e. The van der Waals surface area contributed by atoms with Crippen molar-refractivity contribution in [1.29, 1.82) is 0 Å². The predicted octanol–water partition coefficient (Wildman–Crippen LogP) is 0.883. The highest BCUT2D eigenvalue weighted by Gasteiger charge is 2.34. The van der Waals surface area contributed by atoms with Crippen LogP contribution in [-0.2, 0) is 4.74 Å². The van der Waals surface area contributed by atoms with Crippen LogP contribution in [0, 0.1) is 0 Å². The molecule has 3 rings (SSSR count). The van der Waals surface area contributed by atoms with Gasteiger partial charge in [-0.3, -0.25) is 4.90 Å². The molecule has 0 spiro atoms. The number of hydrogen-bond acceptors (Lipinski definition) is 5. The topological polar surface area (TPSA) is 63.4 Å². The molecule has 0 bridgehead atoms. The van der Waals surface area contributed by atoms with E-state index >= 15 is 0 Å². The van der Waals surface area contributed by atoms with Gasteiger partial charge in [0.25, 0.3) is 0 Å².